The van der Waals surface area contributed by atoms with Gasteiger partial charge in [-0.15, -0.1) is 0 Å². The van der Waals surface area contributed by atoms with Gasteiger partial charge in [-0.05, 0) is 31.7 Å². The van der Waals surface area contributed by atoms with Crippen molar-refractivity contribution < 1.29 is 5.11 Å². The third-order valence-corrected chi connectivity index (χ3v) is 4.09. The summed E-state index contributed by atoms with van der Waals surface area (Å²) in [6, 6.07) is 8.04. The van der Waals surface area contributed by atoms with Crippen LogP contribution in [0.5, 0.6) is 0 Å². The SMILES string of the molecule is CCC(CSC)N(C)c1cc(C#N)ccc1[C@@H](C)O. The van der Waals surface area contributed by atoms with E-state index < -0.39 is 6.10 Å². The Morgan fingerprint density at radius 3 is 2.63 bits per heavy atom. The van der Waals surface area contributed by atoms with E-state index in [-0.39, 0.29) is 0 Å². The van der Waals surface area contributed by atoms with Crippen molar-refractivity contribution in [3.05, 3.63) is 29.3 Å². The fourth-order valence-corrected chi connectivity index (χ4v) is 3.01. The molecule has 0 fully saturated rings. The monoisotopic (exact) mass is 278 g/mol. The zero-order valence-electron chi connectivity index (χ0n) is 12.1. The number of aliphatic hydroxyl groups is 1. The number of anilines is 1. The van der Waals surface area contributed by atoms with Gasteiger partial charge in [0.25, 0.3) is 0 Å². The summed E-state index contributed by atoms with van der Waals surface area (Å²) in [6.07, 6.45) is 2.60. The van der Waals surface area contributed by atoms with Crippen LogP contribution in [0.4, 0.5) is 5.69 Å². The Morgan fingerprint density at radius 2 is 2.16 bits per heavy atom. The molecule has 2 atom stereocenters. The lowest BCUT2D eigenvalue weighted by molar-refractivity contribution is 0.199. The fourth-order valence-electron chi connectivity index (χ4n) is 2.16. The van der Waals surface area contributed by atoms with Gasteiger partial charge in [-0.1, -0.05) is 13.0 Å². The van der Waals surface area contributed by atoms with E-state index in [1.165, 1.54) is 0 Å². The van der Waals surface area contributed by atoms with Crippen LogP contribution in [0.15, 0.2) is 18.2 Å². The summed E-state index contributed by atoms with van der Waals surface area (Å²) >= 11 is 1.81. The topological polar surface area (TPSA) is 47.3 Å². The van der Waals surface area contributed by atoms with Gasteiger partial charge in [0.2, 0.25) is 0 Å². The van der Waals surface area contributed by atoms with E-state index in [0.29, 0.717) is 11.6 Å². The maximum absolute atomic E-state index is 9.89. The number of benzene rings is 1. The molecule has 1 unspecified atom stereocenters. The lowest BCUT2D eigenvalue weighted by Crippen LogP contribution is -2.34. The molecule has 0 aliphatic heterocycles. The summed E-state index contributed by atoms with van der Waals surface area (Å²) in [7, 11) is 2.03. The Hall–Kier alpha value is -1.18. The van der Waals surface area contributed by atoms with E-state index in [9.17, 15) is 5.11 Å². The molecule has 0 aromatic heterocycles. The normalized spacial score (nSPS) is 13.7. The van der Waals surface area contributed by atoms with Crippen LogP contribution < -0.4 is 4.90 Å². The zero-order valence-corrected chi connectivity index (χ0v) is 12.9. The van der Waals surface area contributed by atoms with E-state index in [0.717, 1.165) is 23.4 Å². The molecule has 0 amide bonds. The highest BCUT2D eigenvalue weighted by Gasteiger charge is 2.18. The van der Waals surface area contributed by atoms with Crippen LogP contribution in [0.3, 0.4) is 0 Å². The van der Waals surface area contributed by atoms with Crippen molar-refractivity contribution in [3.8, 4) is 6.07 Å². The average Bonchev–Trinajstić information content (AvgIpc) is 2.43. The molecule has 1 rings (SSSR count). The maximum Gasteiger partial charge on any atom is 0.0992 e. The van der Waals surface area contributed by atoms with Crippen molar-refractivity contribution in [1.82, 2.24) is 0 Å². The van der Waals surface area contributed by atoms with Crippen LogP contribution in [0.1, 0.15) is 37.5 Å². The number of rotatable bonds is 6. The van der Waals surface area contributed by atoms with Gasteiger partial charge in [0.1, 0.15) is 0 Å². The molecule has 1 N–H and O–H groups in total. The third kappa shape index (κ3) is 3.89. The highest BCUT2D eigenvalue weighted by Crippen LogP contribution is 2.29. The van der Waals surface area contributed by atoms with E-state index in [2.05, 4.69) is 24.1 Å². The van der Waals surface area contributed by atoms with Crippen LogP contribution in [0.2, 0.25) is 0 Å². The standard InChI is InChI=1S/C15H22N2OS/c1-5-13(10-19-4)17(3)15-8-12(9-16)6-7-14(15)11(2)18/h6-8,11,13,18H,5,10H2,1-4H3/t11-,13?/m1/s1. The predicted molar refractivity (Wildman–Crippen MR) is 82.7 cm³/mol. The zero-order chi connectivity index (χ0) is 14.4. The van der Waals surface area contributed by atoms with E-state index in [1.807, 2.05) is 30.9 Å². The summed E-state index contributed by atoms with van der Waals surface area (Å²) in [5.74, 6) is 1.03. The van der Waals surface area contributed by atoms with Crippen LogP contribution in [-0.2, 0) is 0 Å². The minimum absolute atomic E-state index is 0.404. The molecular weight excluding hydrogens is 256 g/mol. The number of hydrogen-bond acceptors (Lipinski definition) is 4. The molecule has 1 aromatic carbocycles. The maximum atomic E-state index is 9.89. The number of nitriles is 1. The van der Waals surface area contributed by atoms with Gasteiger partial charge in [-0.3, -0.25) is 0 Å². The molecule has 104 valence electrons. The van der Waals surface area contributed by atoms with Crippen LogP contribution >= 0.6 is 11.8 Å². The minimum Gasteiger partial charge on any atom is -0.389 e. The predicted octanol–water partition coefficient (Wildman–Crippen LogP) is 3.19. The molecule has 0 radical (unpaired) electrons. The second kappa shape index (κ2) is 7.42. The van der Waals surface area contributed by atoms with E-state index in [1.54, 1.807) is 13.0 Å². The summed E-state index contributed by atoms with van der Waals surface area (Å²) in [5, 5.41) is 18.9. The van der Waals surface area contributed by atoms with Gasteiger partial charge >= 0.3 is 0 Å². The first-order valence-electron chi connectivity index (χ1n) is 6.49. The van der Waals surface area contributed by atoms with E-state index in [4.69, 9.17) is 5.26 Å². The number of thioether (sulfide) groups is 1. The molecule has 3 nitrogen and oxygen atoms in total. The van der Waals surface area contributed by atoms with Crippen molar-refractivity contribution in [1.29, 1.82) is 5.26 Å². The number of nitrogens with zero attached hydrogens (tertiary/aromatic N) is 2. The van der Waals surface area contributed by atoms with Gasteiger partial charge in [-0.2, -0.15) is 17.0 Å². The molecule has 0 heterocycles. The molecule has 19 heavy (non-hydrogen) atoms. The average molecular weight is 278 g/mol. The molecule has 1 aromatic rings. The summed E-state index contributed by atoms with van der Waals surface area (Å²) < 4.78 is 0. The Labute approximate surface area is 120 Å². The van der Waals surface area contributed by atoms with Crippen LogP contribution in [0, 0.1) is 11.3 Å². The molecule has 4 heteroatoms. The van der Waals surface area contributed by atoms with Crippen molar-refractivity contribution in [2.45, 2.75) is 32.4 Å². The summed E-state index contributed by atoms with van der Waals surface area (Å²) in [6.45, 7) is 3.92. The minimum atomic E-state index is -0.531. The summed E-state index contributed by atoms with van der Waals surface area (Å²) in [4.78, 5) is 2.18. The van der Waals surface area contributed by atoms with Crippen molar-refractivity contribution in [3.63, 3.8) is 0 Å². The Balaban J connectivity index is 3.18. The third-order valence-electron chi connectivity index (χ3n) is 3.37. The molecular formula is C15H22N2OS. The van der Waals surface area contributed by atoms with Crippen molar-refractivity contribution in [2.24, 2.45) is 0 Å². The molecule has 0 saturated carbocycles. The first-order chi connectivity index (χ1) is 9.04. The lowest BCUT2D eigenvalue weighted by atomic mass is 10.0. The smallest absolute Gasteiger partial charge is 0.0992 e. The van der Waals surface area contributed by atoms with Gasteiger partial charge in [0.15, 0.2) is 0 Å². The van der Waals surface area contributed by atoms with E-state index >= 15 is 0 Å². The van der Waals surface area contributed by atoms with Gasteiger partial charge in [-0.25, -0.2) is 0 Å². The van der Waals surface area contributed by atoms with Crippen LogP contribution in [-0.4, -0.2) is 30.2 Å². The van der Waals surface area contributed by atoms with Gasteiger partial charge in [0, 0.05) is 30.1 Å². The number of aliphatic hydroxyl groups excluding tert-OH is 1. The quantitative estimate of drug-likeness (QED) is 0.868. The summed E-state index contributed by atoms with van der Waals surface area (Å²) in [5.41, 5.74) is 2.46. The highest BCUT2D eigenvalue weighted by atomic mass is 32.2. The molecule has 0 aliphatic carbocycles. The number of hydrogen-bond donors (Lipinski definition) is 1. The largest absolute Gasteiger partial charge is 0.389 e. The molecule has 0 aliphatic rings. The Morgan fingerprint density at radius 1 is 1.47 bits per heavy atom. The van der Waals surface area contributed by atoms with Crippen LogP contribution in [0.25, 0.3) is 0 Å². The Kier molecular flexibility index (Phi) is 6.20. The first-order valence-corrected chi connectivity index (χ1v) is 7.88. The van der Waals surface area contributed by atoms with Crippen molar-refractivity contribution >= 4 is 17.4 Å². The second-order valence-electron chi connectivity index (χ2n) is 4.69. The lowest BCUT2D eigenvalue weighted by Gasteiger charge is -2.31. The molecule has 0 bridgehead atoms. The Bertz CT molecular complexity index is 454. The molecule has 0 saturated heterocycles. The first kappa shape index (κ1) is 15.9. The fraction of sp³-hybridized carbons (Fsp3) is 0.533. The van der Waals surface area contributed by atoms with Gasteiger partial charge < -0.3 is 10.0 Å². The van der Waals surface area contributed by atoms with Crippen molar-refractivity contribution in [2.75, 3.05) is 24.0 Å². The highest BCUT2D eigenvalue weighted by molar-refractivity contribution is 7.98. The second-order valence-corrected chi connectivity index (χ2v) is 5.60. The molecule has 0 spiro atoms. The van der Waals surface area contributed by atoms with Gasteiger partial charge in [0.05, 0.1) is 17.7 Å².